The number of aliphatic imine (C=N–C) groups is 1. The summed E-state index contributed by atoms with van der Waals surface area (Å²) in [7, 11) is 0. The van der Waals surface area contributed by atoms with Crippen LogP contribution in [0.5, 0.6) is 5.75 Å². The number of hydrogen-bond donors (Lipinski definition) is 1. The van der Waals surface area contributed by atoms with Crippen LogP contribution in [0.15, 0.2) is 29.3 Å². The molecule has 5 nitrogen and oxygen atoms in total. The third kappa shape index (κ3) is 4.90. The molecule has 2 fully saturated rings. The second kappa shape index (κ2) is 8.09. The monoisotopic (exact) mass is 439 g/mol. The Hall–Kier alpha value is -1.16. The molecule has 3 rings (SSSR count). The predicted molar refractivity (Wildman–Crippen MR) is 93.6 cm³/mol. The Morgan fingerprint density at radius 2 is 1.91 bits per heavy atom. The van der Waals surface area contributed by atoms with E-state index in [1.807, 2.05) is 17.0 Å². The molecule has 23 heavy (non-hydrogen) atoms. The Morgan fingerprint density at radius 1 is 1.26 bits per heavy atom. The lowest BCUT2D eigenvalue weighted by molar-refractivity contribution is -0.0498. The van der Waals surface area contributed by atoms with Crippen molar-refractivity contribution in [2.45, 2.75) is 25.0 Å². The second-order valence-corrected chi connectivity index (χ2v) is 5.44. The van der Waals surface area contributed by atoms with Gasteiger partial charge in [0.05, 0.1) is 19.3 Å². The molecular formula is C15H20F2IN3O2. The molecule has 0 bridgehead atoms. The summed E-state index contributed by atoms with van der Waals surface area (Å²) >= 11 is 0. The number of morpholine rings is 1. The van der Waals surface area contributed by atoms with E-state index in [9.17, 15) is 8.78 Å². The second-order valence-electron chi connectivity index (χ2n) is 5.44. The lowest BCUT2D eigenvalue weighted by Gasteiger charge is -2.27. The zero-order chi connectivity index (χ0) is 15.5. The van der Waals surface area contributed by atoms with Crippen molar-refractivity contribution in [3.05, 3.63) is 29.8 Å². The maximum atomic E-state index is 12.1. The van der Waals surface area contributed by atoms with Gasteiger partial charge in [-0.1, -0.05) is 12.1 Å². The first-order valence-corrected chi connectivity index (χ1v) is 7.34. The number of guanidine groups is 1. The lowest BCUT2D eigenvalue weighted by atomic mass is 10.1. The van der Waals surface area contributed by atoms with Gasteiger partial charge in [-0.3, -0.25) is 0 Å². The van der Waals surface area contributed by atoms with Gasteiger partial charge in [0.2, 0.25) is 0 Å². The van der Waals surface area contributed by atoms with Crippen molar-refractivity contribution in [3.8, 4) is 5.75 Å². The normalized spacial score (nSPS) is 24.3. The minimum atomic E-state index is -2.79. The molecule has 0 radical (unpaired) electrons. The summed E-state index contributed by atoms with van der Waals surface area (Å²) in [6.45, 7) is 0.0994. The van der Waals surface area contributed by atoms with Crippen molar-refractivity contribution in [2.75, 3.05) is 26.3 Å². The molecule has 1 aliphatic heterocycles. The Labute approximate surface area is 150 Å². The summed E-state index contributed by atoms with van der Waals surface area (Å²) in [5.74, 6) is 1.04. The first-order valence-electron chi connectivity index (χ1n) is 7.34. The maximum absolute atomic E-state index is 12.1. The number of halogens is 3. The van der Waals surface area contributed by atoms with Crippen molar-refractivity contribution in [1.29, 1.82) is 0 Å². The van der Waals surface area contributed by atoms with Gasteiger partial charge in [-0.05, 0) is 24.1 Å². The van der Waals surface area contributed by atoms with Crippen LogP contribution in [0.3, 0.4) is 0 Å². The average molecular weight is 439 g/mol. The van der Waals surface area contributed by atoms with Crippen LogP contribution in [0, 0.1) is 0 Å². The molecule has 0 amide bonds. The summed E-state index contributed by atoms with van der Waals surface area (Å²) in [5.41, 5.74) is 7.10. The average Bonchev–Trinajstić information content (AvgIpc) is 3.27. The number of alkyl halides is 2. The van der Waals surface area contributed by atoms with E-state index in [-0.39, 0.29) is 35.8 Å². The quantitative estimate of drug-likeness (QED) is 0.445. The summed E-state index contributed by atoms with van der Waals surface area (Å²) in [5, 5.41) is 0. The summed E-state index contributed by atoms with van der Waals surface area (Å²) in [6.07, 6.45) is 0.931. The fourth-order valence-electron chi connectivity index (χ4n) is 2.62. The molecule has 1 saturated carbocycles. The van der Waals surface area contributed by atoms with Crippen LogP contribution < -0.4 is 10.5 Å². The summed E-state index contributed by atoms with van der Waals surface area (Å²) in [4.78, 5) is 6.58. The molecule has 0 aromatic heterocycles. The molecule has 1 heterocycles. The van der Waals surface area contributed by atoms with Crippen molar-refractivity contribution in [2.24, 2.45) is 10.7 Å². The first kappa shape index (κ1) is 18.2. The van der Waals surface area contributed by atoms with E-state index >= 15 is 0 Å². The van der Waals surface area contributed by atoms with Crippen molar-refractivity contribution >= 4 is 29.9 Å². The lowest BCUT2D eigenvalue weighted by Crippen LogP contribution is -2.45. The van der Waals surface area contributed by atoms with Gasteiger partial charge in [0.15, 0.2) is 5.96 Å². The zero-order valence-corrected chi connectivity index (χ0v) is 14.9. The Kier molecular flexibility index (Phi) is 6.40. The number of nitrogens with zero attached hydrogens (tertiary/aromatic N) is 2. The summed E-state index contributed by atoms with van der Waals surface area (Å²) < 4.78 is 33.8. The van der Waals surface area contributed by atoms with Crippen LogP contribution in [0.25, 0.3) is 0 Å². The molecule has 1 saturated heterocycles. The van der Waals surface area contributed by atoms with E-state index in [0.29, 0.717) is 25.1 Å². The first-order chi connectivity index (χ1) is 10.6. The van der Waals surface area contributed by atoms with Crippen molar-refractivity contribution in [3.63, 3.8) is 0 Å². The van der Waals surface area contributed by atoms with Gasteiger partial charge in [0.1, 0.15) is 5.75 Å². The maximum Gasteiger partial charge on any atom is 0.387 e. The van der Waals surface area contributed by atoms with Gasteiger partial charge >= 0.3 is 6.61 Å². The molecule has 0 spiro atoms. The SMILES string of the molecule is I.NC(=N[C@@H]1C[C@H]1c1ccc(OC(F)F)cc1)N1CCOCC1. The van der Waals surface area contributed by atoms with Gasteiger partial charge in [0, 0.05) is 19.0 Å². The Bertz CT molecular complexity index is 536. The smallest absolute Gasteiger partial charge is 0.387 e. The predicted octanol–water partition coefficient (Wildman–Crippen LogP) is 2.41. The standard InChI is InChI=1S/C15H19F2N3O2.HI/c16-14(17)22-11-3-1-10(2-4-11)12-9-13(12)19-15(18)20-5-7-21-8-6-20;/h1-4,12-14H,5-9H2,(H2,18,19);1H/t12-,13+;/m0./s1. The summed E-state index contributed by atoms with van der Waals surface area (Å²) in [6, 6.07) is 6.91. The highest BCUT2D eigenvalue weighted by Crippen LogP contribution is 2.43. The van der Waals surface area contributed by atoms with Gasteiger partial charge in [-0.2, -0.15) is 8.78 Å². The van der Waals surface area contributed by atoms with Gasteiger partial charge in [-0.15, -0.1) is 24.0 Å². The molecule has 8 heteroatoms. The van der Waals surface area contributed by atoms with E-state index in [4.69, 9.17) is 10.5 Å². The highest BCUT2D eigenvalue weighted by atomic mass is 127. The van der Waals surface area contributed by atoms with Crippen LogP contribution in [-0.4, -0.2) is 49.8 Å². The number of rotatable bonds is 4. The van der Waals surface area contributed by atoms with Crippen LogP contribution in [0.2, 0.25) is 0 Å². The highest BCUT2D eigenvalue weighted by Gasteiger charge is 2.39. The Morgan fingerprint density at radius 3 is 2.52 bits per heavy atom. The van der Waals surface area contributed by atoms with Crippen LogP contribution in [0.4, 0.5) is 8.78 Å². The topological polar surface area (TPSA) is 60.1 Å². The number of hydrogen-bond acceptors (Lipinski definition) is 3. The van der Waals surface area contributed by atoms with Crippen molar-refractivity contribution in [1.82, 2.24) is 4.90 Å². The fraction of sp³-hybridized carbons (Fsp3) is 0.533. The van der Waals surface area contributed by atoms with E-state index in [1.54, 1.807) is 12.1 Å². The molecule has 2 atom stereocenters. The van der Waals surface area contributed by atoms with Gasteiger partial charge in [0.25, 0.3) is 0 Å². The zero-order valence-electron chi connectivity index (χ0n) is 12.5. The van der Waals surface area contributed by atoms with E-state index < -0.39 is 6.61 Å². The van der Waals surface area contributed by atoms with Crippen LogP contribution >= 0.6 is 24.0 Å². The van der Waals surface area contributed by atoms with Crippen LogP contribution in [0.1, 0.15) is 17.9 Å². The molecule has 0 unspecified atom stereocenters. The fourth-order valence-corrected chi connectivity index (χ4v) is 2.62. The van der Waals surface area contributed by atoms with E-state index in [2.05, 4.69) is 9.73 Å². The minimum absolute atomic E-state index is 0. The van der Waals surface area contributed by atoms with E-state index in [0.717, 1.165) is 25.1 Å². The van der Waals surface area contributed by atoms with E-state index in [1.165, 1.54) is 0 Å². The van der Waals surface area contributed by atoms with Gasteiger partial charge < -0.3 is 20.1 Å². The molecule has 1 aromatic carbocycles. The van der Waals surface area contributed by atoms with Crippen molar-refractivity contribution < 1.29 is 18.3 Å². The molecule has 1 aromatic rings. The molecule has 2 aliphatic rings. The highest BCUT2D eigenvalue weighted by molar-refractivity contribution is 14.0. The largest absolute Gasteiger partial charge is 0.435 e. The van der Waals surface area contributed by atoms with Gasteiger partial charge in [-0.25, -0.2) is 4.99 Å². The third-order valence-corrected chi connectivity index (χ3v) is 3.92. The Balaban J connectivity index is 0.00000192. The van der Waals surface area contributed by atoms with Crippen LogP contribution in [-0.2, 0) is 4.74 Å². The third-order valence-electron chi connectivity index (χ3n) is 3.92. The number of nitrogens with two attached hydrogens (primary N) is 1. The molecule has 2 N–H and O–H groups in total. The number of ether oxygens (including phenoxy) is 2. The number of benzene rings is 1. The molecular weight excluding hydrogens is 419 g/mol. The molecule has 1 aliphatic carbocycles. The molecule has 128 valence electrons. The minimum Gasteiger partial charge on any atom is -0.435 e.